The number of β-amino-alcohol motifs (C(OH)–C–C–N with tert-alkyl or cyclic N) is 1. The van der Waals surface area contributed by atoms with Crippen molar-refractivity contribution in [1.29, 1.82) is 0 Å². The molecule has 0 spiro atoms. The van der Waals surface area contributed by atoms with E-state index < -0.39 is 11.7 Å². The minimum atomic E-state index is -0.520. The van der Waals surface area contributed by atoms with Crippen molar-refractivity contribution in [3.05, 3.63) is 66.4 Å². The maximum Gasteiger partial charge on any atom is 0.288 e. The molecule has 41 heavy (non-hydrogen) atoms. The number of amides is 1. The van der Waals surface area contributed by atoms with E-state index in [9.17, 15) is 9.18 Å². The molecule has 2 aliphatic rings. The average molecular weight is 568 g/mol. The van der Waals surface area contributed by atoms with E-state index in [1.807, 2.05) is 7.05 Å². The number of ether oxygens (including phenoxy) is 1. The van der Waals surface area contributed by atoms with Crippen LogP contribution in [0.1, 0.15) is 16.9 Å². The predicted octanol–water partition coefficient (Wildman–Crippen LogP) is 1.84. The number of aliphatic hydroxyl groups is 1. The van der Waals surface area contributed by atoms with Crippen LogP contribution in [0.5, 0.6) is 0 Å². The van der Waals surface area contributed by atoms with Crippen LogP contribution in [-0.4, -0.2) is 104 Å². The molecule has 220 valence electrons. The number of hydrazine groups is 1. The van der Waals surface area contributed by atoms with E-state index >= 15 is 0 Å². The molecule has 1 aromatic carbocycles. The van der Waals surface area contributed by atoms with Crippen LogP contribution in [-0.2, 0) is 4.74 Å². The number of aliphatic hydroxyl groups excluding tert-OH is 1. The number of nitrogens with zero attached hydrogens (tertiary/aromatic N) is 6. The molecular formula is C28H38FN9O3. The zero-order valence-electron chi connectivity index (χ0n) is 23.3. The third-order valence-electron chi connectivity index (χ3n) is 6.73. The number of morpholine rings is 1. The molecule has 0 atom stereocenters. The summed E-state index contributed by atoms with van der Waals surface area (Å²) < 4.78 is 19.1. The van der Waals surface area contributed by atoms with Gasteiger partial charge in [0.1, 0.15) is 5.69 Å². The van der Waals surface area contributed by atoms with Crippen LogP contribution >= 0.6 is 0 Å². The summed E-state index contributed by atoms with van der Waals surface area (Å²) >= 11 is 0. The highest BCUT2D eigenvalue weighted by Crippen LogP contribution is 2.21. The molecule has 0 saturated carbocycles. The van der Waals surface area contributed by atoms with Gasteiger partial charge >= 0.3 is 0 Å². The van der Waals surface area contributed by atoms with Crippen molar-refractivity contribution < 1.29 is 19.0 Å². The van der Waals surface area contributed by atoms with Crippen LogP contribution in [0, 0.1) is 5.82 Å². The first kappa shape index (κ1) is 29.9. The van der Waals surface area contributed by atoms with E-state index in [2.05, 4.69) is 65.2 Å². The molecule has 2 fully saturated rings. The molecule has 13 heteroatoms. The highest BCUT2D eigenvalue weighted by molar-refractivity contribution is 5.92. The Kier molecular flexibility index (Phi) is 11.4. The summed E-state index contributed by atoms with van der Waals surface area (Å²) in [6.07, 6.45) is 3.73. The second kappa shape index (κ2) is 15.6. The minimum absolute atomic E-state index is 0.0946. The Bertz CT molecular complexity index is 1230. The van der Waals surface area contributed by atoms with Gasteiger partial charge in [0.05, 0.1) is 26.0 Å². The number of benzene rings is 1. The van der Waals surface area contributed by atoms with Gasteiger partial charge in [0.25, 0.3) is 5.91 Å². The maximum atomic E-state index is 13.9. The van der Waals surface area contributed by atoms with E-state index in [0.29, 0.717) is 26.3 Å². The van der Waals surface area contributed by atoms with Gasteiger partial charge in [-0.25, -0.2) is 9.37 Å². The first-order valence-electron chi connectivity index (χ1n) is 13.8. The molecule has 4 N–H and O–H groups in total. The van der Waals surface area contributed by atoms with Gasteiger partial charge in [0.15, 0.2) is 11.6 Å². The molecular weight excluding hydrogens is 529 g/mol. The summed E-state index contributed by atoms with van der Waals surface area (Å²) in [5, 5.41) is 12.2. The van der Waals surface area contributed by atoms with Crippen LogP contribution < -0.4 is 26.0 Å². The van der Waals surface area contributed by atoms with Crippen molar-refractivity contribution in [3.63, 3.8) is 0 Å². The monoisotopic (exact) mass is 567 g/mol. The second-order valence-corrected chi connectivity index (χ2v) is 9.46. The number of anilines is 4. The zero-order valence-corrected chi connectivity index (χ0v) is 23.3. The van der Waals surface area contributed by atoms with E-state index in [4.69, 9.17) is 9.84 Å². The van der Waals surface area contributed by atoms with Crippen molar-refractivity contribution in [2.45, 2.75) is 6.42 Å². The van der Waals surface area contributed by atoms with Gasteiger partial charge in [-0.3, -0.25) is 25.5 Å². The van der Waals surface area contributed by atoms with E-state index in [-0.39, 0.29) is 24.1 Å². The lowest BCUT2D eigenvalue weighted by molar-refractivity contribution is 0.0957. The number of hydrogen-bond donors (Lipinski definition) is 4. The highest BCUT2D eigenvalue weighted by atomic mass is 19.1. The van der Waals surface area contributed by atoms with Crippen molar-refractivity contribution in [2.75, 3.05) is 93.2 Å². The smallest absolute Gasteiger partial charge is 0.288 e. The number of nitrogens with one attached hydrogen (secondary N) is 3. The summed E-state index contributed by atoms with van der Waals surface area (Å²) in [4.78, 5) is 30.2. The van der Waals surface area contributed by atoms with Crippen LogP contribution in [0.2, 0.25) is 0 Å². The van der Waals surface area contributed by atoms with Crippen molar-refractivity contribution in [3.8, 4) is 0 Å². The molecule has 0 unspecified atom stereocenters. The topological polar surface area (TPSA) is 131 Å². The Balaban J connectivity index is 0.000000195. The molecule has 1 amide bonds. The van der Waals surface area contributed by atoms with Crippen molar-refractivity contribution in [1.82, 2.24) is 25.3 Å². The van der Waals surface area contributed by atoms with E-state index in [1.54, 1.807) is 23.1 Å². The molecule has 4 heterocycles. The lowest BCUT2D eigenvalue weighted by Gasteiger charge is -2.28. The fourth-order valence-corrected chi connectivity index (χ4v) is 4.54. The number of carbonyl (C=O) groups is 1. The number of hydrogen-bond acceptors (Lipinski definition) is 11. The fraction of sp³-hybridized carbons (Fsp3) is 0.429. The molecule has 3 aromatic rings. The molecule has 0 radical (unpaired) electrons. The summed E-state index contributed by atoms with van der Waals surface area (Å²) in [5.41, 5.74) is 7.67. The number of rotatable bonds is 8. The Morgan fingerprint density at radius 2 is 1.88 bits per heavy atom. The Labute approximate surface area is 239 Å². The standard InChI is InChI=1S/C14H15FN6O2.C14H23N3O/c15-10-9-17-14(18-12(10)21-5-7-23-8-6-21)20-19-13(22)11-3-1-2-4-16-11;1-15-13-4-2-5-14(12-13)17-7-3-6-16(8-9-17)10-11-18/h1-4,9H,5-8H2,(H,19,22)(H,17,18,20);2,4-5,12,15,18H,3,6-11H2,1H3. The summed E-state index contributed by atoms with van der Waals surface area (Å²) in [6.45, 7) is 7.43. The van der Waals surface area contributed by atoms with Crippen LogP contribution in [0.15, 0.2) is 54.9 Å². The maximum absolute atomic E-state index is 13.9. The molecule has 5 rings (SSSR count). The first-order valence-corrected chi connectivity index (χ1v) is 13.8. The average Bonchev–Trinajstić information content (AvgIpc) is 3.27. The number of pyridine rings is 1. The number of halogens is 1. The quantitative estimate of drug-likeness (QED) is 0.298. The Morgan fingerprint density at radius 1 is 1.02 bits per heavy atom. The minimum Gasteiger partial charge on any atom is -0.395 e. The Morgan fingerprint density at radius 3 is 2.63 bits per heavy atom. The lowest BCUT2D eigenvalue weighted by Crippen LogP contribution is -2.38. The van der Waals surface area contributed by atoms with Gasteiger partial charge in [-0.2, -0.15) is 4.98 Å². The number of carbonyl (C=O) groups excluding carboxylic acids is 1. The predicted molar refractivity (Wildman–Crippen MR) is 157 cm³/mol. The third-order valence-corrected chi connectivity index (χ3v) is 6.73. The molecule has 2 saturated heterocycles. The SMILES string of the molecule is CNc1cccc(N2CCCN(CCO)CC2)c1.O=C(NNc1ncc(F)c(N2CCOCC2)n1)c1ccccn1. The molecule has 2 aliphatic heterocycles. The van der Waals surface area contributed by atoms with Gasteiger partial charge in [-0.05, 0) is 43.3 Å². The highest BCUT2D eigenvalue weighted by Gasteiger charge is 2.18. The van der Waals surface area contributed by atoms with Crippen LogP contribution in [0.25, 0.3) is 0 Å². The molecule has 0 bridgehead atoms. The van der Waals surface area contributed by atoms with Crippen LogP contribution in [0.4, 0.5) is 27.5 Å². The van der Waals surface area contributed by atoms with Gasteiger partial charge < -0.3 is 25.0 Å². The zero-order chi connectivity index (χ0) is 28.9. The van der Waals surface area contributed by atoms with Crippen molar-refractivity contribution >= 4 is 29.0 Å². The molecule has 2 aromatic heterocycles. The van der Waals surface area contributed by atoms with Gasteiger partial charge in [0, 0.05) is 63.9 Å². The molecule has 0 aliphatic carbocycles. The Hall–Kier alpha value is -4.07. The van der Waals surface area contributed by atoms with Gasteiger partial charge in [-0.15, -0.1) is 0 Å². The largest absolute Gasteiger partial charge is 0.395 e. The fourth-order valence-electron chi connectivity index (χ4n) is 4.54. The summed E-state index contributed by atoms with van der Waals surface area (Å²) in [7, 11) is 1.95. The van der Waals surface area contributed by atoms with Gasteiger partial charge in [-0.1, -0.05) is 12.1 Å². The second-order valence-electron chi connectivity index (χ2n) is 9.46. The third kappa shape index (κ3) is 8.96. The van der Waals surface area contributed by atoms with E-state index in [1.165, 1.54) is 11.9 Å². The van der Waals surface area contributed by atoms with E-state index in [0.717, 1.165) is 51.0 Å². The summed E-state index contributed by atoms with van der Waals surface area (Å²) in [6, 6.07) is 13.5. The normalized spacial score (nSPS) is 15.8. The van der Waals surface area contributed by atoms with Gasteiger partial charge in [0.2, 0.25) is 5.95 Å². The number of aromatic nitrogens is 3. The van der Waals surface area contributed by atoms with Crippen molar-refractivity contribution in [2.24, 2.45) is 0 Å². The first-order chi connectivity index (χ1) is 20.1. The summed E-state index contributed by atoms with van der Waals surface area (Å²) in [5.74, 6) is -0.685. The molecule has 12 nitrogen and oxygen atoms in total. The lowest BCUT2D eigenvalue weighted by atomic mass is 10.2. The van der Waals surface area contributed by atoms with Crippen LogP contribution in [0.3, 0.4) is 0 Å².